The van der Waals surface area contributed by atoms with Crippen molar-refractivity contribution in [2.75, 3.05) is 5.32 Å². The summed E-state index contributed by atoms with van der Waals surface area (Å²) < 4.78 is 11.6. The van der Waals surface area contributed by atoms with Crippen LogP contribution in [0.15, 0.2) is 77.2 Å². The highest BCUT2D eigenvalue weighted by Crippen LogP contribution is 2.24. The maximum absolute atomic E-state index is 12.6. The fourth-order valence-corrected chi connectivity index (χ4v) is 3.14. The van der Waals surface area contributed by atoms with E-state index in [-0.39, 0.29) is 5.91 Å². The first-order chi connectivity index (χ1) is 15.0. The standard InChI is InChI=1S/C26H24N2O3/c1-17-9-14-22(15-18(17)2)27-25(29)20-10-12-21(13-11-20)26-28-24(19(3)31-26)16-30-23-7-5-4-6-8-23/h4-15H,16H2,1-3H3,(H,27,29). The monoisotopic (exact) mass is 412 g/mol. The van der Waals surface area contributed by atoms with Crippen molar-refractivity contribution in [3.8, 4) is 17.2 Å². The summed E-state index contributed by atoms with van der Waals surface area (Å²) in [6.07, 6.45) is 0. The van der Waals surface area contributed by atoms with Crippen LogP contribution in [0.5, 0.6) is 5.75 Å². The Balaban J connectivity index is 1.44. The number of nitrogens with one attached hydrogen (secondary N) is 1. The van der Waals surface area contributed by atoms with Crippen molar-refractivity contribution in [1.82, 2.24) is 4.98 Å². The fourth-order valence-electron chi connectivity index (χ4n) is 3.14. The number of carbonyl (C=O) groups excluding carboxylic acids is 1. The predicted molar refractivity (Wildman–Crippen MR) is 121 cm³/mol. The molecule has 1 N–H and O–H groups in total. The van der Waals surface area contributed by atoms with Crippen LogP contribution in [0, 0.1) is 20.8 Å². The van der Waals surface area contributed by atoms with Gasteiger partial charge in [-0.05, 0) is 80.4 Å². The Labute approximate surface area is 181 Å². The molecule has 0 aliphatic carbocycles. The van der Waals surface area contributed by atoms with Crippen LogP contribution in [-0.4, -0.2) is 10.9 Å². The van der Waals surface area contributed by atoms with Gasteiger partial charge in [-0.2, -0.15) is 0 Å². The zero-order valence-corrected chi connectivity index (χ0v) is 17.8. The Morgan fingerprint density at radius 3 is 2.39 bits per heavy atom. The first-order valence-corrected chi connectivity index (χ1v) is 10.1. The van der Waals surface area contributed by atoms with Gasteiger partial charge in [0.1, 0.15) is 23.8 Å². The van der Waals surface area contributed by atoms with E-state index in [0.717, 1.165) is 28.3 Å². The van der Waals surface area contributed by atoms with E-state index in [0.29, 0.717) is 23.8 Å². The molecule has 31 heavy (non-hydrogen) atoms. The van der Waals surface area contributed by atoms with E-state index in [9.17, 15) is 4.79 Å². The largest absolute Gasteiger partial charge is 0.487 e. The highest BCUT2D eigenvalue weighted by Gasteiger charge is 2.13. The molecule has 0 bridgehead atoms. The first kappa shape index (κ1) is 20.4. The van der Waals surface area contributed by atoms with Crippen molar-refractivity contribution in [2.45, 2.75) is 27.4 Å². The van der Waals surface area contributed by atoms with Gasteiger partial charge in [0.15, 0.2) is 0 Å². The lowest BCUT2D eigenvalue weighted by atomic mass is 10.1. The maximum atomic E-state index is 12.6. The summed E-state index contributed by atoms with van der Waals surface area (Å²) in [6.45, 7) is 6.27. The molecule has 5 heteroatoms. The van der Waals surface area contributed by atoms with E-state index in [1.807, 2.05) is 81.4 Å². The Morgan fingerprint density at radius 2 is 1.68 bits per heavy atom. The van der Waals surface area contributed by atoms with Gasteiger partial charge in [0, 0.05) is 16.8 Å². The van der Waals surface area contributed by atoms with Gasteiger partial charge >= 0.3 is 0 Å². The number of hydrogen-bond acceptors (Lipinski definition) is 4. The van der Waals surface area contributed by atoms with Crippen molar-refractivity contribution in [1.29, 1.82) is 0 Å². The second-order valence-electron chi connectivity index (χ2n) is 7.45. The van der Waals surface area contributed by atoms with Crippen molar-refractivity contribution in [3.05, 3.63) is 101 Å². The van der Waals surface area contributed by atoms with Crippen molar-refractivity contribution < 1.29 is 13.9 Å². The molecule has 1 aromatic heterocycles. The summed E-state index contributed by atoms with van der Waals surface area (Å²) >= 11 is 0. The molecule has 0 aliphatic rings. The average Bonchev–Trinajstić information content (AvgIpc) is 3.16. The van der Waals surface area contributed by atoms with E-state index in [2.05, 4.69) is 10.3 Å². The highest BCUT2D eigenvalue weighted by atomic mass is 16.5. The topological polar surface area (TPSA) is 64.4 Å². The van der Waals surface area contributed by atoms with Crippen LogP contribution in [0.2, 0.25) is 0 Å². The molecule has 3 aromatic carbocycles. The third kappa shape index (κ3) is 4.83. The van der Waals surface area contributed by atoms with E-state index in [1.165, 1.54) is 5.56 Å². The van der Waals surface area contributed by atoms with Crippen molar-refractivity contribution in [2.24, 2.45) is 0 Å². The number of para-hydroxylation sites is 1. The third-order valence-electron chi connectivity index (χ3n) is 5.17. The zero-order chi connectivity index (χ0) is 21.8. The molecule has 0 saturated heterocycles. The minimum absolute atomic E-state index is 0.157. The van der Waals surface area contributed by atoms with Crippen molar-refractivity contribution >= 4 is 11.6 Å². The molecule has 4 rings (SSSR count). The molecular formula is C26H24N2O3. The number of aromatic nitrogens is 1. The summed E-state index contributed by atoms with van der Waals surface area (Å²) in [6, 6.07) is 22.7. The van der Waals surface area contributed by atoms with E-state index >= 15 is 0 Å². The number of carbonyl (C=O) groups is 1. The van der Waals surface area contributed by atoms with Crippen LogP contribution in [0.25, 0.3) is 11.5 Å². The second-order valence-corrected chi connectivity index (χ2v) is 7.45. The minimum atomic E-state index is -0.157. The number of amides is 1. The predicted octanol–water partition coefficient (Wildman–Crippen LogP) is 6.10. The summed E-state index contributed by atoms with van der Waals surface area (Å²) in [4.78, 5) is 17.1. The van der Waals surface area contributed by atoms with Crippen LogP contribution in [-0.2, 0) is 6.61 Å². The van der Waals surface area contributed by atoms with Gasteiger partial charge in [0.25, 0.3) is 5.91 Å². The van der Waals surface area contributed by atoms with Crippen molar-refractivity contribution in [3.63, 3.8) is 0 Å². The second kappa shape index (κ2) is 8.88. The average molecular weight is 412 g/mol. The van der Waals surface area contributed by atoms with Crippen LogP contribution < -0.4 is 10.1 Å². The van der Waals surface area contributed by atoms with Gasteiger partial charge in [-0.1, -0.05) is 24.3 Å². The zero-order valence-electron chi connectivity index (χ0n) is 17.8. The Kier molecular flexibility index (Phi) is 5.85. The summed E-state index contributed by atoms with van der Waals surface area (Å²) in [7, 11) is 0. The van der Waals surface area contributed by atoms with Gasteiger partial charge in [-0.25, -0.2) is 4.98 Å². The maximum Gasteiger partial charge on any atom is 0.255 e. The molecule has 0 saturated carbocycles. The fraction of sp³-hybridized carbons (Fsp3) is 0.154. The molecule has 0 aliphatic heterocycles. The molecule has 0 fully saturated rings. The Bertz CT molecular complexity index is 1200. The lowest BCUT2D eigenvalue weighted by Gasteiger charge is -2.08. The number of oxazole rings is 1. The molecule has 156 valence electrons. The minimum Gasteiger partial charge on any atom is -0.487 e. The van der Waals surface area contributed by atoms with Gasteiger partial charge < -0.3 is 14.5 Å². The molecule has 1 amide bonds. The summed E-state index contributed by atoms with van der Waals surface area (Å²) in [5.74, 6) is 1.84. The number of anilines is 1. The number of ether oxygens (including phenoxy) is 1. The van der Waals surface area contributed by atoms with Gasteiger partial charge in [-0.3, -0.25) is 4.79 Å². The molecule has 1 heterocycles. The number of rotatable bonds is 6. The lowest BCUT2D eigenvalue weighted by molar-refractivity contribution is 0.102. The highest BCUT2D eigenvalue weighted by molar-refractivity contribution is 6.04. The van der Waals surface area contributed by atoms with Crippen LogP contribution in [0.3, 0.4) is 0 Å². The molecule has 0 radical (unpaired) electrons. The first-order valence-electron chi connectivity index (χ1n) is 10.1. The van der Waals surface area contributed by atoms with E-state index in [1.54, 1.807) is 12.1 Å². The third-order valence-corrected chi connectivity index (χ3v) is 5.17. The molecule has 0 unspecified atom stereocenters. The van der Waals surface area contributed by atoms with Gasteiger partial charge in [0.05, 0.1) is 0 Å². The Hall–Kier alpha value is -3.86. The quantitative estimate of drug-likeness (QED) is 0.416. The van der Waals surface area contributed by atoms with Gasteiger partial charge in [-0.15, -0.1) is 0 Å². The SMILES string of the molecule is Cc1ccc(NC(=O)c2ccc(-c3nc(COc4ccccc4)c(C)o3)cc2)cc1C. The molecule has 0 atom stereocenters. The number of hydrogen-bond donors (Lipinski definition) is 1. The van der Waals surface area contributed by atoms with Crippen LogP contribution in [0.4, 0.5) is 5.69 Å². The van der Waals surface area contributed by atoms with E-state index < -0.39 is 0 Å². The number of benzene rings is 3. The summed E-state index contributed by atoms with van der Waals surface area (Å²) in [5, 5.41) is 2.94. The summed E-state index contributed by atoms with van der Waals surface area (Å²) in [5.41, 5.74) is 5.23. The van der Waals surface area contributed by atoms with Crippen LogP contribution in [0.1, 0.15) is 32.9 Å². The molecule has 4 aromatic rings. The smallest absolute Gasteiger partial charge is 0.255 e. The van der Waals surface area contributed by atoms with Crippen LogP contribution >= 0.6 is 0 Å². The molecule has 0 spiro atoms. The molecule has 5 nitrogen and oxygen atoms in total. The molecular weight excluding hydrogens is 388 g/mol. The van der Waals surface area contributed by atoms with E-state index in [4.69, 9.17) is 9.15 Å². The lowest BCUT2D eigenvalue weighted by Crippen LogP contribution is -2.11. The van der Waals surface area contributed by atoms with Gasteiger partial charge in [0.2, 0.25) is 5.89 Å². The number of nitrogens with zero attached hydrogens (tertiary/aromatic N) is 1. The number of aryl methyl sites for hydroxylation is 3. The normalized spacial score (nSPS) is 10.7. The Morgan fingerprint density at radius 1 is 0.935 bits per heavy atom.